The SMILES string of the molecule is COc1ccc(CCO[C@H]2CCCC[C@H]2N2CCCC2O)cc1OC.Cl. The zero-order chi connectivity index (χ0) is 17.6. The molecule has 1 N–H and O–H groups in total. The standard InChI is InChI=1S/C20H31NO4.ClH/c1-23-18-10-9-15(14-19(18)24-2)11-13-25-17-7-4-3-6-16(17)21-12-5-8-20(21)22;/h9-10,14,16-17,20,22H,3-8,11-13H2,1-2H3;1H/t16-,17+,20?;/m1./s1. The van der Waals surface area contributed by atoms with Gasteiger partial charge in [0.2, 0.25) is 0 Å². The number of aliphatic hydroxyl groups is 1. The molecule has 5 nitrogen and oxygen atoms in total. The average Bonchev–Trinajstić information content (AvgIpc) is 3.07. The fourth-order valence-electron chi connectivity index (χ4n) is 4.17. The number of hydrogen-bond acceptors (Lipinski definition) is 5. The lowest BCUT2D eigenvalue weighted by molar-refractivity contribution is -0.0775. The summed E-state index contributed by atoms with van der Waals surface area (Å²) in [5.74, 6) is 1.51. The minimum atomic E-state index is -0.278. The summed E-state index contributed by atoms with van der Waals surface area (Å²) in [6, 6.07) is 6.40. The number of likely N-dealkylation sites (tertiary alicyclic amines) is 1. The first kappa shape index (κ1) is 21.3. The van der Waals surface area contributed by atoms with Crippen LogP contribution in [0.25, 0.3) is 0 Å². The van der Waals surface area contributed by atoms with E-state index in [4.69, 9.17) is 14.2 Å². The highest BCUT2D eigenvalue weighted by Gasteiger charge is 2.36. The topological polar surface area (TPSA) is 51.2 Å². The zero-order valence-corrected chi connectivity index (χ0v) is 16.7. The minimum Gasteiger partial charge on any atom is -0.493 e. The number of methoxy groups -OCH3 is 2. The van der Waals surface area contributed by atoms with Crippen LogP contribution in [0.1, 0.15) is 44.1 Å². The van der Waals surface area contributed by atoms with Gasteiger partial charge in [-0.2, -0.15) is 0 Å². The lowest BCUT2D eigenvalue weighted by atomic mass is 9.91. The smallest absolute Gasteiger partial charge is 0.160 e. The van der Waals surface area contributed by atoms with Gasteiger partial charge in [0.05, 0.1) is 26.9 Å². The molecule has 1 aromatic carbocycles. The van der Waals surface area contributed by atoms with Crippen LogP contribution in [0.5, 0.6) is 11.5 Å². The first-order chi connectivity index (χ1) is 12.2. The van der Waals surface area contributed by atoms with Crippen molar-refractivity contribution < 1.29 is 19.3 Å². The molecule has 0 spiro atoms. The van der Waals surface area contributed by atoms with E-state index in [0.29, 0.717) is 12.6 Å². The van der Waals surface area contributed by atoms with Gasteiger partial charge < -0.3 is 19.3 Å². The molecule has 3 atom stereocenters. The van der Waals surface area contributed by atoms with E-state index in [1.165, 1.54) is 18.4 Å². The first-order valence-electron chi connectivity index (χ1n) is 9.49. The molecular weight excluding hydrogens is 354 g/mol. The largest absolute Gasteiger partial charge is 0.493 e. The molecule has 1 aliphatic heterocycles. The van der Waals surface area contributed by atoms with Crippen LogP contribution in [0.15, 0.2) is 18.2 Å². The highest BCUT2D eigenvalue weighted by molar-refractivity contribution is 5.85. The van der Waals surface area contributed by atoms with Crippen LogP contribution >= 0.6 is 12.4 Å². The van der Waals surface area contributed by atoms with Gasteiger partial charge in [0, 0.05) is 12.6 Å². The van der Waals surface area contributed by atoms with Crippen molar-refractivity contribution in [1.82, 2.24) is 4.90 Å². The Hall–Kier alpha value is -1.01. The van der Waals surface area contributed by atoms with Crippen molar-refractivity contribution >= 4 is 12.4 Å². The third-order valence-electron chi connectivity index (χ3n) is 5.53. The van der Waals surface area contributed by atoms with Crippen LogP contribution in [0.2, 0.25) is 0 Å². The Bertz CT molecular complexity index is 557. The molecule has 2 aliphatic rings. The number of aliphatic hydroxyl groups excluding tert-OH is 1. The summed E-state index contributed by atoms with van der Waals surface area (Å²) in [5.41, 5.74) is 1.19. The lowest BCUT2D eigenvalue weighted by Gasteiger charge is -2.39. The van der Waals surface area contributed by atoms with E-state index < -0.39 is 0 Å². The average molecular weight is 386 g/mol. The number of halogens is 1. The van der Waals surface area contributed by atoms with Gasteiger partial charge in [0.1, 0.15) is 6.23 Å². The molecule has 0 radical (unpaired) electrons. The van der Waals surface area contributed by atoms with Crippen LogP contribution in [0, 0.1) is 0 Å². The van der Waals surface area contributed by atoms with E-state index in [0.717, 1.165) is 50.1 Å². The quantitative estimate of drug-likeness (QED) is 0.779. The third-order valence-corrected chi connectivity index (χ3v) is 5.53. The van der Waals surface area contributed by atoms with Crippen LogP contribution in [-0.2, 0) is 11.2 Å². The van der Waals surface area contributed by atoms with Gasteiger partial charge in [-0.05, 0) is 49.8 Å². The van der Waals surface area contributed by atoms with Crippen molar-refractivity contribution in [3.63, 3.8) is 0 Å². The predicted octanol–water partition coefficient (Wildman–Crippen LogP) is 3.41. The molecule has 26 heavy (non-hydrogen) atoms. The first-order valence-corrected chi connectivity index (χ1v) is 9.49. The highest BCUT2D eigenvalue weighted by Crippen LogP contribution is 2.31. The van der Waals surface area contributed by atoms with Crippen molar-refractivity contribution in [3.05, 3.63) is 23.8 Å². The second kappa shape index (κ2) is 10.4. The van der Waals surface area contributed by atoms with Gasteiger partial charge in [0.15, 0.2) is 11.5 Å². The summed E-state index contributed by atoms with van der Waals surface area (Å²) < 4.78 is 16.9. The third kappa shape index (κ3) is 5.03. The van der Waals surface area contributed by atoms with E-state index >= 15 is 0 Å². The zero-order valence-electron chi connectivity index (χ0n) is 15.9. The molecule has 148 valence electrons. The van der Waals surface area contributed by atoms with Gasteiger partial charge in [-0.1, -0.05) is 18.9 Å². The summed E-state index contributed by atoms with van der Waals surface area (Å²) in [5, 5.41) is 10.2. The van der Waals surface area contributed by atoms with Crippen LogP contribution in [0.4, 0.5) is 0 Å². The van der Waals surface area contributed by atoms with Crippen LogP contribution in [0.3, 0.4) is 0 Å². The van der Waals surface area contributed by atoms with E-state index in [-0.39, 0.29) is 24.7 Å². The van der Waals surface area contributed by atoms with Crippen LogP contribution in [-0.4, -0.2) is 55.8 Å². The molecule has 1 saturated heterocycles. The molecule has 0 amide bonds. The summed E-state index contributed by atoms with van der Waals surface area (Å²) >= 11 is 0. The Kier molecular flexibility index (Phi) is 8.48. The number of rotatable bonds is 7. The molecule has 6 heteroatoms. The van der Waals surface area contributed by atoms with E-state index in [9.17, 15) is 5.11 Å². The van der Waals surface area contributed by atoms with Gasteiger partial charge in [-0.3, -0.25) is 4.90 Å². The molecule has 1 aliphatic carbocycles. The Morgan fingerprint density at radius 2 is 1.81 bits per heavy atom. The predicted molar refractivity (Wildman–Crippen MR) is 104 cm³/mol. The lowest BCUT2D eigenvalue weighted by Crippen LogP contribution is -2.48. The summed E-state index contributed by atoms with van der Waals surface area (Å²) in [7, 11) is 3.31. The highest BCUT2D eigenvalue weighted by atomic mass is 35.5. The van der Waals surface area contributed by atoms with Gasteiger partial charge in [-0.15, -0.1) is 12.4 Å². The Balaban J connectivity index is 0.00000243. The molecule has 2 fully saturated rings. The van der Waals surface area contributed by atoms with E-state index in [2.05, 4.69) is 11.0 Å². The molecule has 1 saturated carbocycles. The number of nitrogens with zero attached hydrogens (tertiary/aromatic N) is 1. The maximum Gasteiger partial charge on any atom is 0.160 e. The van der Waals surface area contributed by atoms with Gasteiger partial charge in [0.25, 0.3) is 0 Å². The van der Waals surface area contributed by atoms with Crippen molar-refractivity contribution in [2.75, 3.05) is 27.4 Å². The Morgan fingerprint density at radius 3 is 2.50 bits per heavy atom. The van der Waals surface area contributed by atoms with E-state index in [1.54, 1.807) is 14.2 Å². The maximum atomic E-state index is 10.2. The molecule has 0 aromatic heterocycles. The second-order valence-corrected chi connectivity index (χ2v) is 7.06. The molecule has 0 bridgehead atoms. The number of hydrogen-bond donors (Lipinski definition) is 1. The molecule has 1 unspecified atom stereocenters. The summed E-state index contributed by atoms with van der Waals surface area (Å²) in [6.45, 7) is 1.70. The van der Waals surface area contributed by atoms with Crippen molar-refractivity contribution in [1.29, 1.82) is 0 Å². The molecule has 3 rings (SSSR count). The normalized spacial score (nSPS) is 26.3. The molecule has 1 aromatic rings. The van der Waals surface area contributed by atoms with Crippen molar-refractivity contribution in [3.8, 4) is 11.5 Å². The van der Waals surface area contributed by atoms with Crippen molar-refractivity contribution in [2.24, 2.45) is 0 Å². The summed E-state index contributed by atoms with van der Waals surface area (Å²) in [4.78, 5) is 2.26. The number of ether oxygens (including phenoxy) is 3. The van der Waals surface area contributed by atoms with Gasteiger partial charge >= 0.3 is 0 Å². The molecule has 1 heterocycles. The second-order valence-electron chi connectivity index (χ2n) is 7.06. The molecular formula is C20H32ClNO4. The van der Waals surface area contributed by atoms with Crippen molar-refractivity contribution in [2.45, 2.75) is 63.3 Å². The Morgan fingerprint density at radius 1 is 1.04 bits per heavy atom. The fourth-order valence-corrected chi connectivity index (χ4v) is 4.17. The minimum absolute atomic E-state index is 0. The summed E-state index contributed by atoms with van der Waals surface area (Å²) in [6.07, 6.45) is 7.50. The fraction of sp³-hybridized carbons (Fsp3) is 0.700. The monoisotopic (exact) mass is 385 g/mol. The van der Waals surface area contributed by atoms with Gasteiger partial charge in [-0.25, -0.2) is 0 Å². The maximum absolute atomic E-state index is 10.2. The Labute approximate surface area is 163 Å². The van der Waals surface area contributed by atoms with Crippen LogP contribution < -0.4 is 9.47 Å². The van der Waals surface area contributed by atoms with E-state index in [1.807, 2.05) is 12.1 Å². The number of benzene rings is 1.